The van der Waals surface area contributed by atoms with E-state index < -0.39 is 0 Å². The Kier molecular flexibility index (Phi) is 6.29. The molecule has 0 unspecified atom stereocenters. The molecule has 31 heavy (non-hydrogen) atoms. The number of anilines is 1. The number of aromatic nitrogens is 2. The third kappa shape index (κ3) is 5.10. The quantitative estimate of drug-likeness (QED) is 0.483. The number of nitrogens with zero attached hydrogens (tertiary/aromatic N) is 3. The highest BCUT2D eigenvalue weighted by molar-refractivity contribution is 6.30. The first-order valence-corrected chi connectivity index (χ1v) is 10.3. The third-order valence-corrected chi connectivity index (χ3v) is 5.15. The van der Waals surface area contributed by atoms with Gasteiger partial charge < -0.3 is 10.2 Å². The molecule has 0 radical (unpaired) electrons. The van der Waals surface area contributed by atoms with Crippen molar-refractivity contribution in [2.24, 2.45) is 0 Å². The highest BCUT2D eigenvalue weighted by Gasteiger charge is 2.17. The zero-order chi connectivity index (χ0) is 21.6. The van der Waals surface area contributed by atoms with Crippen LogP contribution in [-0.4, -0.2) is 26.9 Å². The normalized spacial score (nSPS) is 10.7. The molecule has 1 N–H and O–H groups in total. The minimum absolute atomic E-state index is 0.0996. The molecule has 0 fully saturated rings. The minimum Gasteiger partial charge on any atom is -0.320 e. The Morgan fingerprint density at radius 3 is 2.35 bits per heavy atom. The second-order valence-electron chi connectivity index (χ2n) is 7.13. The van der Waals surface area contributed by atoms with Crippen LogP contribution in [0.4, 0.5) is 10.5 Å². The average Bonchev–Trinajstić information content (AvgIpc) is 2.80. The van der Waals surface area contributed by atoms with Crippen LogP contribution in [0.3, 0.4) is 0 Å². The molecule has 2 heterocycles. The van der Waals surface area contributed by atoms with Crippen molar-refractivity contribution in [1.82, 2.24) is 14.3 Å². The number of fused-ring (bicyclic) bond motifs is 1. The topological polar surface area (TPSA) is 66.7 Å². The van der Waals surface area contributed by atoms with Gasteiger partial charge in [-0.25, -0.2) is 9.78 Å². The number of carbonyl (C=O) groups excluding carboxylic acids is 1. The number of halogens is 1. The van der Waals surface area contributed by atoms with Crippen molar-refractivity contribution in [1.29, 1.82) is 0 Å². The molecule has 7 heteroatoms. The number of rotatable bonds is 6. The molecule has 2 aromatic carbocycles. The van der Waals surface area contributed by atoms with Crippen LogP contribution in [0.2, 0.25) is 5.02 Å². The largest absolute Gasteiger partial charge is 0.322 e. The molecule has 0 aliphatic carbocycles. The molecule has 156 valence electrons. The van der Waals surface area contributed by atoms with E-state index in [-0.39, 0.29) is 17.3 Å². The summed E-state index contributed by atoms with van der Waals surface area (Å²) in [6.45, 7) is 0.923. The molecule has 2 aromatic heterocycles. The van der Waals surface area contributed by atoms with E-state index in [0.29, 0.717) is 30.2 Å². The first kappa shape index (κ1) is 20.6. The second-order valence-corrected chi connectivity index (χ2v) is 7.56. The van der Waals surface area contributed by atoms with E-state index in [9.17, 15) is 9.59 Å². The molecule has 0 aliphatic rings. The molecule has 4 rings (SSSR count). The molecule has 4 aromatic rings. The van der Waals surface area contributed by atoms with E-state index in [1.165, 1.54) is 16.8 Å². The Labute approximate surface area is 184 Å². The van der Waals surface area contributed by atoms with Gasteiger partial charge in [-0.05, 0) is 29.7 Å². The number of carbonyl (C=O) groups is 1. The fourth-order valence-corrected chi connectivity index (χ4v) is 3.46. The summed E-state index contributed by atoms with van der Waals surface area (Å²) in [4.78, 5) is 31.8. The van der Waals surface area contributed by atoms with Gasteiger partial charge in [-0.1, -0.05) is 72.3 Å². The van der Waals surface area contributed by atoms with Gasteiger partial charge in [0.05, 0.1) is 11.2 Å². The van der Waals surface area contributed by atoms with Crippen molar-refractivity contribution < 1.29 is 4.79 Å². The van der Waals surface area contributed by atoms with E-state index in [2.05, 4.69) is 10.3 Å². The summed E-state index contributed by atoms with van der Waals surface area (Å²) >= 11 is 6.01. The lowest BCUT2D eigenvalue weighted by atomic mass is 10.1. The van der Waals surface area contributed by atoms with Crippen molar-refractivity contribution in [3.05, 3.63) is 112 Å². The number of nitrogens with one attached hydrogen (secondary N) is 1. The van der Waals surface area contributed by atoms with Crippen LogP contribution in [0.5, 0.6) is 0 Å². The predicted octanol–water partition coefficient (Wildman–Crippen LogP) is 4.62. The summed E-state index contributed by atoms with van der Waals surface area (Å²) in [6.07, 6.45) is 3.56. The first-order chi connectivity index (χ1) is 15.1. The van der Waals surface area contributed by atoms with Gasteiger partial charge in [-0.15, -0.1) is 0 Å². The highest BCUT2D eigenvalue weighted by atomic mass is 35.5. The maximum absolute atomic E-state index is 13.1. The third-order valence-electron chi connectivity index (χ3n) is 4.92. The van der Waals surface area contributed by atoms with Crippen LogP contribution in [-0.2, 0) is 13.0 Å². The first-order valence-electron chi connectivity index (χ1n) is 9.91. The Balaban J connectivity index is 1.56. The molecule has 0 aliphatic heterocycles. The summed E-state index contributed by atoms with van der Waals surface area (Å²) in [5.41, 5.74) is 2.31. The van der Waals surface area contributed by atoms with Gasteiger partial charge in [0.25, 0.3) is 5.56 Å². The van der Waals surface area contributed by atoms with Gasteiger partial charge in [-0.3, -0.25) is 9.20 Å². The molecule has 6 nitrogen and oxygen atoms in total. The SMILES string of the molecule is O=C(Nc1cnc2ccc(Cl)cn2c1=O)N(CCc1ccccc1)Cc1ccccc1. The molecular weight excluding hydrogens is 412 g/mol. The van der Waals surface area contributed by atoms with Crippen LogP contribution >= 0.6 is 11.6 Å². The molecule has 0 saturated carbocycles. The Morgan fingerprint density at radius 2 is 1.65 bits per heavy atom. The van der Waals surface area contributed by atoms with Gasteiger partial charge in [0, 0.05) is 19.3 Å². The lowest BCUT2D eigenvalue weighted by molar-refractivity contribution is 0.209. The van der Waals surface area contributed by atoms with Crippen LogP contribution in [0.1, 0.15) is 11.1 Å². The fourth-order valence-electron chi connectivity index (χ4n) is 3.30. The number of urea groups is 1. The highest BCUT2D eigenvalue weighted by Crippen LogP contribution is 2.12. The summed E-state index contributed by atoms with van der Waals surface area (Å²) in [7, 11) is 0. The van der Waals surface area contributed by atoms with Crippen molar-refractivity contribution in [2.75, 3.05) is 11.9 Å². The Bertz CT molecular complexity index is 1240. The minimum atomic E-state index is -0.386. The number of hydrogen-bond donors (Lipinski definition) is 1. The van der Waals surface area contributed by atoms with Crippen LogP contribution in [0.25, 0.3) is 5.65 Å². The number of pyridine rings is 1. The van der Waals surface area contributed by atoms with Crippen LogP contribution in [0, 0.1) is 0 Å². The van der Waals surface area contributed by atoms with Crippen LogP contribution < -0.4 is 10.9 Å². The monoisotopic (exact) mass is 432 g/mol. The van der Waals surface area contributed by atoms with E-state index in [4.69, 9.17) is 11.6 Å². The summed E-state index contributed by atoms with van der Waals surface area (Å²) in [5, 5.41) is 3.14. The number of hydrogen-bond acceptors (Lipinski definition) is 3. The molecule has 0 atom stereocenters. The smallest absolute Gasteiger partial charge is 0.320 e. The second kappa shape index (κ2) is 9.45. The zero-order valence-corrected chi connectivity index (χ0v) is 17.5. The molecule has 0 spiro atoms. The molecule has 0 bridgehead atoms. The number of amides is 2. The van der Waals surface area contributed by atoms with E-state index in [1.54, 1.807) is 17.0 Å². The van der Waals surface area contributed by atoms with Crippen molar-refractivity contribution in [3.8, 4) is 0 Å². The van der Waals surface area contributed by atoms with Crippen molar-refractivity contribution in [3.63, 3.8) is 0 Å². The van der Waals surface area contributed by atoms with Gasteiger partial charge >= 0.3 is 6.03 Å². The maximum Gasteiger partial charge on any atom is 0.322 e. The number of benzene rings is 2. The predicted molar refractivity (Wildman–Crippen MR) is 122 cm³/mol. The van der Waals surface area contributed by atoms with Gasteiger partial charge in [-0.2, -0.15) is 0 Å². The summed E-state index contributed by atoms with van der Waals surface area (Å²) in [5.74, 6) is 0. The van der Waals surface area contributed by atoms with Crippen molar-refractivity contribution >= 4 is 29.0 Å². The zero-order valence-electron chi connectivity index (χ0n) is 16.7. The van der Waals surface area contributed by atoms with Crippen molar-refractivity contribution in [2.45, 2.75) is 13.0 Å². The standard InChI is InChI=1S/C24H21ClN4O2/c25-20-11-12-22-26-15-21(23(30)29(22)17-20)27-24(31)28(16-19-9-5-2-6-10-19)14-13-18-7-3-1-4-8-18/h1-12,15,17H,13-14,16H2,(H,27,31). The lowest BCUT2D eigenvalue weighted by Crippen LogP contribution is -2.37. The molecular formula is C24H21ClN4O2. The maximum atomic E-state index is 13.1. The Morgan fingerprint density at radius 1 is 0.968 bits per heavy atom. The van der Waals surface area contributed by atoms with Gasteiger partial charge in [0.15, 0.2) is 0 Å². The fraction of sp³-hybridized carbons (Fsp3) is 0.125. The van der Waals surface area contributed by atoms with Gasteiger partial charge in [0.1, 0.15) is 11.3 Å². The lowest BCUT2D eigenvalue weighted by Gasteiger charge is -2.23. The van der Waals surface area contributed by atoms with Crippen LogP contribution in [0.15, 0.2) is 90.0 Å². The summed E-state index contributed by atoms with van der Waals surface area (Å²) in [6, 6.07) is 22.7. The summed E-state index contributed by atoms with van der Waals surface area (Å²) < 4.78 is 1.32. The Hall–Kier alpha value is -3.64. The molecule has 2 amide bonds. The molecule has 0 saturated heterocycles. The van der Waals surface area contributed by atoms with E-state index in [1.807, 2.05) is 60.7 Å². The average molecular weight is 433 g/mol. The van der Waals surface area contributed by atoms with E-state index >= 15 is 0 Å². The van der Waals surface area contributed by atoms with Gasteiger partial charge in [0.2, 0.25) is 0 Å². The van der Waals surface area contributed by atoms with E-state index in [0.717, 1.165) is 11.1 Å².